The predicted octanol–water partition coefficient (Wildman–Crippen LogP) is -0.994. The summed E-state index contributed by atoms with van der Waals surface area (Å²) in [5.41, 5.74) is -1.58. The van der Waals surface area contributed by atoms with Gasteiger partial charge in [0.15, 0.2) is 0 Å². The highest BCUT2D eigenvalue weighted by Gasteiger charge is 2.25. The molecule has 0 aromatic heterocycles. The molecule has 0 aromatic carbocycles. The van der Waals surface area contributed by atoms with Crippen molar-refractivity contribution < 1.29 is 15.1 Å². The van der Waals surface area contributed by atoms with Crippen molar-refractivity contribution in [2.45, 2.75) is 12.5 Å². The maximum Gasteiger partial charge on any atom is 0.234 e. The Kier molecular flexibility index (Phi) is 2.54. The second-order valence-electron chi connectivity index (χ2n) is 2.15. The molecule has 9 heavy (non-hydrogen) atoms. The van der Waals surface area contributed by atoms with Gasteiger partial charge < -0.3 is 10.2 Å². The zero-order valence-electron chi connectivity index (χ0n) is 5.07. The van der Waals surface area contributed by atoms with Crippen molar-refractivity contribution in [2.24, 2.45) is 0 Å². The molecule has 0 rings (SSSR count). The normalized spacial score (nSPS) is 16.8. The monoisotopic (exact) mass is 135 g/mol. The van der Waals surface area contributed by atoms with Gasteiger partial charge in [0, 0.05) is 4.92 Å². The summed E-state index contributed by atoms with van der Waals surface area (Å²) in [6.07, 6.45) is 0. The highest BCUT2D eigenvalue weighted by molar-refractivity contribution is 4.68. The third-order valence-corrected chi connectivity index (χ3v) is 0.810. The number of aliphatic hydroxyl groups excluding tert-OH is 1. The number of aliphatic hydroxyl groups is 2. The molecule has 0 radical (unpaired) electrons. The molecule has 0 fully saturated rings. The predicted molar refractivity (Wildman–Crippen MR) is 29.6 cm³/mol. The van der Waals surface area contributed by atoms with Crippen LogP contribution in [0.1, 0.15) is 6.92 Å². The number of hydrogen-bond donors (Lipinski definition) is 2. The molecule has 0 aliphatic heterocycles. The lowest BCUT2D eigenvalue weighted by Crippen LogP contribution is -2.37. The fourth-order valence-electron chi connectivity index (χ4n) is 0.328. The first-order valence-corrected chi connectivity index (χ1v) is 2.43. The van der Waals surface area contributed by atoms with Crippen molar-refractivity contribution in [3.8, 4) is 0 Å². The first kappa shape index (κ1) is 8.32. The number of nitro groups is 1. The lowest BCUT2D eigenvalue weighted by Gasteiger charge is -2.13. The van der Waals surface area contributed by atoms with E-state index >= 15 is 0 Å². The van der Waals surface area contributed by atoms with Crippen LogP contribution in [0.15, 0.2) is 0 Å². The molecule has 5 heteroatoms. The average molecular weight is 135 g/mol. The molecule has 2 N–H and O–H groups in total. The van der Waals surface area contributed by atoms with Gasteiger partial charge in [-0.25, -0.2) is 0 Å². The summed E-state index contributed by atoms with van der Waals surface area (Å²) in [6, 6.07) is 0. The molecule has 0 bridgehead atoms. The summed E-state index contributed by atoms with van der Waals surface area (Å²) in [7, 11) is 0. The van der Waals surface area contributed by atoms with E-state index in [9.17, 15) is 10.1 Å². The molecule has 0 unspecified atom stereocenters. The highest BCUT2D eigenvalue weighted by Crippen LogP contribution is 1.99. The Morgan fingerprint density at radius 3 is 2.33 bits per heavy atom. The topological polar surface area (TPSA) is 83.6 Å². The van der Waals surface area contributed by atoms with Crippen LogP contribution < -0.4 is 0 Å². The third kappa shape index (κ3) is 3.87. The van der Waals surface area contributed by atoms with Crippen molar-refractivity contribution in [3.63, 3.8) is 0 Å². The molecule has 0 spiro atoms. The van der Waals surface area contributed by atoms with Crippen molar-refractivity contribution in [3.05, 3.63) is 10.1 Å². The first-order valence-electron chi connectivity index (χ1n) is 2.43. The second kappa shape index (κ2) is 2.75. The van der Waals surface area contributed by atoms with Gasteiger partial charge in [0.1, 0.15) is 5.60 Å². The van der Waals surface area contributed by atoms with Crippen LogP contribution in [0.25, 0.3) is 0 Å². The van der Waals surface area contributed by atoms with E-state index < -0.39 is 23.7 Å². The Balaban J connectivity index is 3.71. The molecular formula is C4H9NO4. The molecule has 0 aliphatic rings. The molecule has 0 saturated carbocycles. The summed E-state index contributed by atoms with van der Waals surface area (Å²) in [5.74, 6) is 0. The summed E-state index contributed by atoms with van der Waals surface area (Å²) >= 11 is 0. The van der Waals surface area contributed by atoms with Crippen LogP contribution in [0.2, 0.25) is 0 Å². The molecule has 0 heterocycles. The Hall–Kier alpha value is -0.680. The van der Waals surface area contributed by atoms with Gasteiger partial charge in [0.05, 0.1) is 6.61 Å². The molecular weight excluding hydrogens is 126 g/mol. The van der Waals surface area contributed by atoms with Crippen LogP contribution in [-0.4, -0.2) is 33.9 Å². The van der Waals surface area contributed by atoms with Crippen LogP contribution >= 0.6 is 0 Å². The van der Waals surface area contributed by atoms with E-state index in [4.69, 9.17) is 10.2 Å². The zero-order chi connectivity index (χ0) is 7.49. The van der Waals surface area contributed by atoms with Crippen LogP contribution in [-0.2, 0) is 0 Å². The second-order valence-corrected chi connectivity index (χ2v) is 2.15. The minimum Gasteiger partial charge on any atom is -0.393 e. The Bertz CT molecular complexity index is 111. The fraction of sp³-hybridized carbons (Fsp3) is 1.00. The summed E-state index contributed by atoms with van der Waals surface area (Å²) in [5, 5.41) is 26.8. The minimum absolute atomic E-state index is 0.589. The van der Waals surface area contributed by atoms with Crippen molar-refractivity contribution in [2.75, 3.05) is 13.2 Å². The van der Waals surface area contributed by atoms with Crippen LogP contribution in [0.3, 0.4) is 0 Å². The van der Waals surface area contributed by atoms with Crippen molar-refractivity contribution in [1.29, 1.82) is 0 Å². The Morgan fingerprint density at radius 2 is 2.22 bits per heavy atom. The quantitative estimate of drug-likeness (QED) is 0.384. The van der Waals surface area contributed by atoms with E-state index in [1.807, 2.05) is 0 Å². The van der Waals surface area contributed by atoms with E-state index in [1.54, 1.807) is 0 Å². The first-order chi connectivity index (χ1) is 3.98. The van der Waals surface area contributed by atoms with Gasteiger partial charge in [-0.2, -0.15) is 0 Å². The highest BCUT2D eigenvalue weighted by atomic mass is 16.6. The largest absolute Gasteiger partial charge is 0.393 e. The Morgan fingerprint density at radius 1 is 1.78 bits per heavy atom. The lowest BCUT2D eigenvalue weighted by atomic mass is 10.1. The molecule has 0 aromatic rings. The fourth-order valence-corrected chi connectivity index (χ4v) is 0.328. The van der Waals surface area contributed by atoms with Gasteiger partial charge in [-0.3, -0.25) is 10.1 Å². The van der Waals surface area contributed by atoms with E-state index in [0.29, 0.717) is 0 Å². The van der Waals surface area contributed by atoms with Gasteiger partial charge in [-0.05, 0) is 6.92 Å². The van der Waals surface area contributed by atoms with Crippen molar-refractivity contribution >= 4 is 0 Å². The van der Waals surface area contributed by atoms with E-state index in [-0.39, 0.29) is 0 Å². The van der Waals surface area contributed by atoms with Crippen molar-refractivity contribution in [1.82, 2.24) is 0 Å². The molecule has 0 saturated heterocycles. The summed E-state index contributed by atoms with van der Waals surface area (Å²) in [6.45, 7) is -0.00667. The molecule has 54 valence electrons. The smallest absolute Gasteiger partial charge is 0.234 e. The van der Waals surface area contributed by atoms with Crippen LogP contribution in [0.5, 0.6) is 0 Å². The average Bonchev–Trinajstić information content (AvgIpc) is 1.63. The number of rotatable bonds is 3. The van der Waals surface area contributed by atoms with E-state index in [0.717, 1.165) is 0 Å². The Labute approximate surface area is 52.1 Å². The van der Waals surface area contributed by atoms with Crippen LogP contribution in [0.4, 0.5) is 0 Å². The van der Waals surface area contributed by atoms with Crippen LogP contribution in [0, 0.1) is 10.1 Å². The standard InChI is InChI=1S/C4H9NO4/c1-4(7,3-6)2-5(8)9/h6-7H,2-3H2,1H3/t4-/m1/s1. The van der Waals surface area contributed by atoms with Gasteiger partial charge in [-0.15, -0.1) is 0 Å². The van der Waals surface area contributed by atoms with E-state index in [2.05, 4.69) is 0 Å². The maximum absolute atomic E-state index is 9.71. The minimum atomic E-state index is -1.58. The molecule has 0 amide bonds. The summed E-state index contributed by atoms with van der Waals surface area (Å²) < 4.78 is 0. The summed E-state index contributed by atoms with van der Waals surface area (Å²) in [4.78, 5) is 9.04. The van der Waals surface area contributed by atoms with Gasteiger partial charge >= 0.3 is 0 Å². The number of hydrogen-bond acceptors (Lipinski definition) is 4. The van der Waals surface area contributed by atoms with Gasteiger partial charge in [-0.1, -0.05) is 0 Å². The SMILES string of the molecule is C[C@](O)(CO)C[N+](=O)[O-]. The third-order valence-electron chi connectivity index (χ3n) is 0.810. The molecule has 5 nitrogen and oxygen atoms in total. The van der Waals surface area contributed by atoms with E-state index in [1.165, 1.54) is 6.92 Å². The maximum atomic E-state index is 9.71. The van der Waals surface area contributed by atoms with Gasteiger partial charge in [0.25, 0.3) is 0 Å². The lowest BCUT2D eigenvalue weighted by molar-refractivity contribution is -0.500. The molecule has 0 aliphatic carbocycles. The van der Waals surface area contributed by atoms with Gasteiger partial charge in [0.2, 0.25) is 6.54 Å². The number of nitrogens with zero attached hydrogens (tertiary/aromatic N) is 1. The molecule has 1 atom stereocenters. The zero-order valence-corrected chi connectivity index (χ0v) is 5.07.